The minimum atomic E-state index is 0.0659. The summed E-state index contributed by atoms with van der Waals surface area (Å²) in [7, 11) is 0. The van der Waals surface area contributed by atoms with Gasteiger partial charge >= 0.3 is 6.03 Å². The summed E-state index contributed by atoms with van der Waals surface area (Å²) in [6.07, 6.45) is 1.03. The predicted octanol–water partition coefficient (Wildman–Crippen LogP) is 0.788. The van der Waals surface area contributed by atoms with E-state index in [1.165, 1.54) is 0 Å². The first-order valence-electron chi connectivity index (χ1n) is 5.39. The van der Waals surface area contributed by atoms with Crippen molar-refractivity contribution in [3.05, 3.63) is 0 Å². The molecule has 2 N–H and O–H groups in total. The molecule has 1 atom stereocenters. The third-order valence-electron chi connectivity index (χ3n) is 2.47. The van der Waals surface area contributed by atoms with Crippen molar-refractivity contribution < 1.29 is 4.79 Å². The fourth-order valence-corrected chi connectivity index (χ4v) is 1.64. The molecule has 1 heterocycles. The minimum absolute atomic E-state index is 0.0659. The summed E-state index contributed by atoms with van der Waals surface area (Å²) in [5.74, 6) is 0. The van der Waals surface area contributed by atoms with Crippen LogP contribution in [0, 0.1) is 0 Å². The lowest BCUT2D eigenvalue weighted by molar-refractivity contribution is 0.180. The van der Waals surface area contributed by atoms with Crippen LogP contribution in [0.25, 0.3) is 0 Å². The molecule has 0 aromatic carbocycles. The van der Waals surface area contributed by atoms with Crippen LogP contribution in [0.1, 0.15) is 27.2 Å². The van der Waals surface area contributed by atoms with E-state index in [2.05, 4.69) is 17.6 Å². The third kappa shape index (κ3) is 3.18. The van der Waals surface area contributed by atoms with Gasteiger partial charge in [0.15, 0.2) is 0 Å². The highest BCUT2D eigenvalue weighted by Gasteiger charge is 2.21. The van der Waals surface area contributed by atoms with Crippen LogP contribution in [0.15, 0.2) is 0 Å². The largest absolute Gasteiger partial charge is 0.336 e. The molecule has 1 fully saturated rings. The lowest BCUT2D eigenvalue weighted by Crippen LogP contribution is -2.47. The van der Waals surface area contributed by atoms with Gasteiger partial charge in [0.05, 0.1) is 0 Å². The first kappa shape index (κ1) is 11.3. The van der Waals surface area contributed by atoms with E-state index in [1.54, 1.807) is 0 Å². The Hall–Kier alpha value is -0.770. The molecule has 4 nitrogen and oxygen atoms in total. The number of urea groups is 1. The van der Waals surface area contributed by atoms with E-state index in [0.29, 0.717) is 6.04 Å². The molecule has 1 saturated heterocycles. The standard InChI is InChI=1S/C10H21N3O/c1-8(2)12-10(14)13-7-6-11-5-4-9(13)3/h8-9,11H,4-7H2,1-3H3,(H,12,14). The van der Waals surface area contributed by atoms with Crippen LogP contribution in [0.2, 0.25) is 0 Å². The number of rotatable bonds is 1. The van der Waals surface area contributed by atoms with Gasteiger partial charge in [0, 0.05) is 25.2 Å². The fourth-order valence-electron chi connectivity index (χ4n) is 1.64. The summed E-state index contributed by atoms with van der Waals surface area (Å²) in [5.41, 5.74) is 0. The van der Waals surface area contributed by atoms with Gasteiger partial charge in [-0.1, -0.05) is 0 Å². The van der Waals surface area contributed by atoms with E-state index >= 15 is 0 Å². The highest BCUT2D eigenvalue weighted by Crippen LogP contribution is 2.06. The molecule has 1 unspecified atom stereocenters. The Morgan fingerprint density at radius 1 is 1.50 bits per heavy atom. The van der Waals surface area contributed by atoms with Crippen molar-refractivity contribution in [3.8, 4) is 0 Å². The number of nitrogens with one attached hydrogen (secondary N) is 2. The molecular weight excluding hydrogens is 178 g/mol. The lowest BCUT2D eigenvalue weighted by Gasteiger charge is -2.27. The smallest absolute Gasteiger partial charge is 0.317 e. The van der Waals surface area contributed by atoms with Crippen LogP contribution in [-0.2, 0) is 0 Å². The SMILES string of the molecule is CC(C)NC(=O)N1CCNCCC1C. The first-order chi connectivity index (χ1) is 6.61. The summed E-state index contributed by atoms with van der Waals surface area (Å²) in [6.45, 7) is 8.78. The number of carbonyl (C=O) groups is 1. The maximum Gasteiger partial charge on any atom is 0.317 e. The van der Waals surface area contributed by atoms with Crippen LogP contribution in [0.5, 0.6) is 0 Å². The Bertz CT molecular complexity index is 194. The number of hydrogen-bond acceptors (Lipinski definition) is 2. The predicted molar refractivity (Wildman–Crippen MR) is 57.3 cm³/mol. The highest BCUT2D eigenvalue weighted by molar-refractivity contribution is 5.74. The average molecular weight is 199 g/mol. The van der Waals surface area contributed by atoms with Crippen molar-refractivity contribution in [2.45, 2.75) is 39.3 Å². The molecule has 2 amide bonds. The second-order valence-electron chi connectivity index (χ2n) is 4.19. The Morgan fingerprint density at radius 3 is 2.86 bits per heavy atom. The zero-order valence-corrected chi connectivity index (χ0v) is 9.34. The van der Waals surface area contributed by atoms with E-state index in [9.17, 15) is 4.79 Å². The molecule has 0 aromatic rings. The summed E-state index contributed by atoms with van der Waals surface area (Å²) >= 11 is 0. The van der Waals surface area contributed by atoms with Gasteiger partial charge in [-0.15, -0.1) is 0 Å². The zero-order chi connectivity index (χ0) is 10.6. The molecule has 1 aliphatic heterocycles. The second-order valence-corrected chi connectivity index (χ2v) is 4.19. The van der Waals surface area contributed by atoms with E-state index in [0.717, 1.165) is 26.1 Å². The molecule has 0 saturated carbocycles. The van der Waals surface area contributed by atoms with E-state index in [4.69, 9.17) is 0 Å². The van der Waals surface area contributed by atoms with Gasteiger partial charge in [0.25, 0.3) is 0 Å². The quantitative estimate of drug-likeness (QED) is 0.655. The molecule has 1 aliphatic rings. The van der Waals surface area contributed by atoms with Crippen molar-refractivity contribution >= 4 is 6.03 Å². The third-order valence-corrected chi connectivity index (χ3v) is 2.47. The summed E-state index contributed by atoms with van der Waals surface area (Å²) in [6, 6.07) is 0.617. The zero-order valence-electron chi connectivity index (χ0n) is 9.34. The monoisotopic (exact) mass is 199 g/mol. The second kappa shape index (κ2) is 5.20. The normalized spacial score (nSPS) is 23.4. The van der Waals surface area contributed by atoms with Crippen molar-refractivity contribution in [2.24, 2.45) is 0 Å². The molecule has 1 rings (SSSR count). The molecule has 0 aliphatic carbocycles. The van der Waals surface area contributed by atoms with Crippen LogP contribution in [0.3, 0.4) is 0 Å². The van der Waals surface area contributed by atoms with Crippen molar-refractivity contribution in [1.82, 2.24) is 15.5 Å². The van der Waals surface area contributed by atoms with Crippen molar-refractivity contribution in [1.29, 1.82) is 0 Å². The Balaban J connectivity index is 2.50. The first-order valence-corrected chi connectivity index (χ1v) is 5.39. The van der Waals surface area contributed by atoms with E-state index < -0.39 is 0 Å². The van der Waals surface area contributed by atoms with Gasteiger partial charge in [0.2, 0.25) is 0 Å². The topological polar surface area (TPSA) is 44.4 Å². The maximum absolute atomic E-state index is 11.8. The molecule has 82 valence electrons. The van der Waals surface area contributed by atoms with Crippen LogP contribution in [0.4, 0.5) is 4.79 Å². The summed E-state index contributed by atoms with van der Waals surface area (Å²) < 4.78 is 0. The number of carbonyl (C=O) groups excluding carboxylic acids is 1. The van der Waals surface area contributed by atoms with Gasteiger partial charge < -0.3 is 15.5 Å². The minimum Gasteiger partial charge on any atom is -0.336 e. The Labute approximate surface area is 86.0 Å². The molecule has 14 heavy (non-hydrogen) atoms. The molecule has 0 radical (unpaired) electrons. The number of nitrogens with zero attached hydrogens (tertiary/aromatic N) is 1. The molecule has 4 heteroatoms. The number of amides is 2. The van der Waals surface area contributed by atoms with Crippen LogP contribution < -0.4 is 10.6 Å². The van der Waals surface area contributed by atoms with E-state index in [-0.39, 0.29) is 12.1 Å². The molecular formula is C10H21N3O. The Morgan fingerprint density at radius 2 is 2.21 bits per heavy atom. The molecule has 0 aromatic heterocycles. The van der Waals surface area contributed by atoms with Gasteiger partial charge in [-0.25, -0.2) is 4.79 Å². The van der Waals surface area contributed by atoms with Crippen molar-refractivity contribution in [2.75, 3.05) is 19.6 Å². The average Bonchev–Trinajstić information content (AvgIpc) is 2.28. The van der Waals surface area contributed by atoms with Crippen LogP contribution in [-0.4, -0.2) is 42.6 Å². The van der Waals surface area contributed by atoms with Gasteiger partial charge in [0.1, 0.15) is 0 Å². The Kier molecular flexibility index (Phi) is 4.20. The van der Waals surface area contributed by atoms with Gasteiger partial charge in [-0.05, 0) is 33.7 Å². The maximum atomic E-state index is 11.8. The fraction of sp³-hybridized carbons (Fsp3) is 0.900. The van der Waals surface area contributed by atoms with Gasteiger partial charge in [-0.2, -0.15) is 0 Å². The number of hydrogen-bond donors (Lipinski definition) is 2. The van der Waals surface area contributed by atoms with Gasteiger partial charge in [-0.3, -0.25) is 0 Å². The molecule has 0 spiro atoms. The summed E-state index contributed by atoms with van der Waals surface area (Å²) in [5, 5.41) is 6.22. The van der Waals surface area contributed by atoms with E-state index in [1.807, 2.05) is 18.7 Å². The summed E-state index contributed by atoms with van der Waals surface area (Å²) in [4.78, 5) is 13.7. The van der Waals surface area contributed by atoms with Crippen molar-refractivity contribution in [3.63, 3.8) is 0 Å². The van der Waals surface area contributed by atoms with Crippen LogP contribution >= 0.6 is 0 Å². The highest BCUT2D eigenvalue weighted by atomic mass is 16.2. The molecule has 0 bridgehead atoms. The lowest BCUT2D eigenvalue weighted by atomic mass is 10.2.